The van der Waals surface area contributed by atoms with Crippen LogP contribution in [-0.2, 0) is 28.1 Å². The van der Waals surface area contributed by atoms with E-state index in [4.69, 9.17) is 4.74 Å². The number of nitrogens with zero attached hydrogens (tertiary/aromatic N) is 4. The minimum absolute atomic E-state index is 0.0121. The number of aromatic nitrogens is 4. The Morgan fingerprint density at radius 2 is 1.80 bits per heavy atom. The van der Waals surface area contributed by atoms with Crippen molar-refractivity contribution in [1.82, 2.24) is 25.1 Å². The third kappa shape index (κ3) is 6.72. The summed E-state index contributed by atoms with van der Waals surface area (Å²) in [6, 6.07) is 2.72. The predicted octanol–water partition coefficient (Wildman–Crippen LogP) is 4.18. The molecule has 3 rings (SSSR count). The number of amides is 1. The van der Waals surface area contributed by atoms with Gasteiger partial charge in [0.25, 0.3) is 12.3 Å². The molecule has 0 saturated heterocycles. The molecule has 0 bridgehead atoms. The molecule has 0 fully saturated rings. The molecule has 1 unspecified atom stereocenters. The smallest absolute Gasteiger partial charge is 0.420 e. The van der Waals surface area contributed by atoms with Gasteiger partial charge in [0.05, 0.1) is 28.9 Å². The number of sulfone groups is 1. The Kier molecular flexibility index (Phi) is 8.55. The van der Waals surface area contributed by atoms with E-state index in [2.05, 4.69) is 20.4 Å². The van der Waals surface area contributed by atoms with E-state index in [0.29, 0.717) is 18.1 Å². The van der Waals surface area contributed by atoms with Crippen molar-refractivity contribution in [3.05, 3.63) is 58.8 Å². The van der Waals surface area contributed by atoms with Gasteiger partial charge in [-0.3, -0.25) is 14.8 Å². The average Bonchev–Trinajstić information content (AvgIpc) is 3.17. The van der Waals surface area contributed by atoms with E-state index in [0.717, 1.165) is 17.1 Å². The van der Waals surface area contributed by atoms with E-state index in [-0.39, 0.29) is 28.6 Å². The third-order valence-electron chi connectivity index (χ3n) is 5.56. The molecule has 1 atom stereocenters. The van der Waals surface area contributed by atoms with Crippen molar-refractivity contribution in [3.63, 3.8) is 0 Å². The number of rotatable bonds is 8. The lowest BCUT2D eigenvalue weighted by atomic mass is 10.0. The number of nitrogens with one attached hydrogen (secondary N) is 1. The molecule has 0 aliphatic rings. The number of pyridine rings is 2. The van der Waals surface area contributed by atoms with Crippen molar-refractivity contribution in [2.75, 3.05) is 6.26 Å². The quantitative estimate of drug-likeness (QED) is 0.373. The highest BCUT2D eigenvalue weighted by Gasteiger charge is 2.41. The Labute approximate surface area is 226 Å². The van der Waals surface area contributed by atoms with Gasteiger partial charge in [0.2, 0.25) is 5.88 Å². The number of hydrogen-bond acceptors (Lipinski definition) is 8. The Bertz CT molecular complexity index is 1500. The number of ether oxygens (including phenoxy) is 1. The van der Waals surface area contributed by atoms with Gasteiger partial charge in [-0.15, -0.1) is 0 Å². The third-order valence-corrected chi connectivity index (χ3v) is 6.66. The van der Waals surface area contributed by atoms with Crippen molar-refractivity contribution in [2.24, 2.45) is 0 Å². The first-order chi connectivity index (χ1) is 18.3. The second-order valence-electron chi connectivity index (χ2n) is 9.78. The number of carbonyl (C=O) groups is 1. The summed E-state index contributed by atoms with van der Waals surface area (Å²) in [5.41, 5.74) is -3.60. The molecule has 0 aliphatic carbocycles. The Morgan fingerprint density at radius 3 is 2.30 bits per heavy atom. The maximum atomic E-state index is 14.0. The summed E-state index contributed by atoms with van der Waals surface area (Å²) in [5.74, 6) is -2.00. The zero-order chi connectivity index (χ0) is 30.2. The molecule has 0 aromatic carbocycles. The van der Waals surface area contributed by atoms with Crippen LogP contribution in [0.5, 0.6) is 11.6 Å². The van der Waals surface area contributed by atoms with Gasteiger partial charge in [-0.05, 0) is 39.8 Å². The van der Waals surface area contributed by atoms with Gasteiger partial charge in [-0.25, -0.2) is 21.9 Å². The second-order valence-corrected chi connectivity index (χ2v) is 11.8. The molecular weight excluding hydrogens is 565 g/mol. The molecular formula is C24H26F5N5O5S. The number of alkyl halides is 5. The standard InChI is InChI=1S/C24H26F5N5O5S/c1-12-18(21(36)32-8-13-6-7-14(9-31-13)40(5,37)38)33-34(23(2,3)4)22(12)39-16-11-30-10-15(19(35)20(25)26)17(16)24(27,28)29/h6-7,9-11,19-20,35H,8H2,1-5H3,(H,32,36). The summed E-state index contributed by atoms with van der Waals surface area (Å²) >= 11 is 0. The van der Waals surface area contributed by atoms with E-state index in [1.54, 1.807) is 20.8 Å². The van der Waals surface area contributed by atoms with Crippen molar-refractivity contribution >= 4 is 15.7 Å². The van der Waals surface area contributed by atoms with Gasteiger partial charge in [-0.2, -0.15) is 18.3 Å². The molecule has 16 heteroatoms. The van der Waals surface area contributed by atoms with Crippen LogP contribution in [0, 0.1) is 6.92 Å². The Hall–Kier alpha value is -3.66. The molecule has 1 amide bonds. The van der Waals surface area contributed by atoms with Crippen LogP contribution in [0.15, 0.2) is 35.6 Å². The number of halogens is 5. The van der Waals surface area contributed by atoms with Crippen molar-refractivity contribution in [3.8, 4) is 11.6 Å². The van der Waals surface area contributed by atoms with Crippen molar-refractivity contribution < 1.29 is 45.0 Å². The maximum Gasteiger partial charge on any atom is 0.420 e. The molecule has 3 aromatic heterocycles. The van der Waals surface area contributed by atoms with Gasteiger partial charge in [0, 0.05) is 29.8 Å². The first-order valence-electron chi connectivity index (χ1n) is 11.5. The summed E-state index contributed by atoms with van der Waals surface area (Å²) in [6.45, 7) is 6.16. The summed E-state index contributed by atoms with van der Waals surface area (Å²) in [6.07, 6.45) is -8.21. The van der Waals surface area contributed by atoms with Gasteiger partial charge in [-0.1, -0.05) is 0 Å². The Balaban J connectivity index is 1.99. The molecule has 10 nitrogen and oxygen atoms in total. The van der Waals surface area contributed by atoms with E-state index in [1.165, 1.54) is 19.1 Å². The minimum Gasteiger partial charge on any atom is -0.437 e. The van der Waals surface area contributed by atoms with Crippen molar-refractivity contribution in [1.29, 1.82) is 0 Å². The summed E-state index contributed by atoms with van der Waals surface area (Å²) in [4.78, 5) is 20.5. The van der Waals surface area contributed by atoms with Gasteiger partial charge in [0.1, 0.15) is 11.7 Å². The van der Waals surface area contributed by atoms with Crippen LogP contribution in [0.4, 0.5) is 22.0 Å². The number of aliphatic hydroxyl groups is 1. The normalized spacial score (nSPS) is 13.4. The molecule has 218 valence electrons. The average molecular weight is 592 g/mol. The summed E-state index contributed by atoms with van der Waals surface area (Å²) < 4.78 is 98.0. The van der Waals surface area contributed by atoms with Crippen LogP contribution in [0.2, 0.25) is 0 Å². The second kappa shape index (κ2) is 11.1. The monoisotopic (exact) mass is 591 g/mol. The van der Waals surface area contributed by atoms with E-state index >= 15 is 0 Å². The lowest BCUT2D eigenvalue weighted by Gasteiger charge is -2.24. The van der Waals surface area contributed by atoms with Crippen molar-refractivity contribution in [2.45, 2.75) is 63.4 Å². The lowest BCUT2D eigenvalue weighted by Crippen LogP contribution is -2.27. The molecule has 0 saturated carbocycles. The van der Waals surface area contributed by atoms with Crippen LogP contribution in [-0.4, -0.2) is 51.9 Å². The summed E-state index contributed by atoms with van der Waals surface area (Å²) in [7, 11) is -3.47. The molecule has 3 heterocycles. The first kappa shape index (κ1) is 30.9. The van der Waals surface area contributed by atoms with Crippen LogP contribution < -0.4 is 10.1 Å². The fourth-order valence-corrected chi connectivity index (χ4v) is 4.12. The van der Waals surface area contributed by atoms with E-state index in [9.17, 15) is 40.3 Å². The molecule has 0 radical (unpaired) electrons. The van der Waals surface area contributed by atoms with Crippen LogP contribution in [0.1, 0.15) is 59.7 Å². The largest absolute Gasteiger partial charge is 0.437 e. The zero-order valence-corrected chi connectivity index (χ0v) is 22.7. The van der Waals surface area contributed by atoms with Crippen LogP contribution in [0.3, 0.4) is 0 Å². The Morgan fingerprint density at radius 1 is 1.15 bits per heavy atom. The highest BCUT2D eigenvalue weighted by atomic mass is 32.2. The molecule has 0 spiro atoms. The molecule has 3 aromatic rings. The van der Waals surface area contributed by atoms with Gasteiger partial charge < -0.3 is 15.2 Å². The van der Waals surface area contributed by atoms with E-state index in [1.807, 2.05) is 0 Å². The van der Waals surface area contributed by atoms with E-state index < -0.39 is 56.9 Å². The highest BCUT2D eigenvalue weighted by molar-refractivity contribution is 7.90. The molecule has 2 N–H and O–H groups in total. The predicted molar refractivity (Wildman–Crippen MR) is 131 cm³/mol. The highest BCUT2D eigenvalue weighted by Crippen LogP contribution is 2.44. The number of hydrogen-bond donors (Lipinski definition) is 2. The van der Waals surface area contributed by atoms with Crippen LogP contribution in [0.25, 0.3) is 0 Å². The van der Waals surface area contributed by atoms with Crippen LogP contribution >= 0.6 is 0 Å². The lowest BCUT2D eigenvalue weighted by molar-refractivity contribution is -0.141. The molecule has 0 aliphatic heterocycles. The SMILES string of the molecule is Cc1c(C(=O)NCc2ccc(S(C)(=O)=O)cn2)nn(C(C)(C)C)c1Oc1cncc(C(O)C(F)F)c1C(F)(F)F. The molecule has 40 heavy (non-hydrogen) atoms. The maximum absolute atomic E-state index is 14.0. The van der Waals surface area contributed by atoms with Gasteiger partial charge in [0.15, 0.2) is 21.3 Å². The fourth-order valence-electron chi connectivity index (χ4n) is 3.56. The summed E-state index contributed by atoms with van der Waals surface area (Å²) in [5, 5.41) is 16.5. The first-order valence-corrected chi connectivity index (χ1v) is 13.4. The number of carbonyl (C=O) groups excluding carboxylic acids is 1. The minimum atomic E-state index is -5.20. The number of aliphatic hydroxyl groups excluding tert-OH is 1. The fraction of sp³-hybridized carbons (Fsp3) is 0.417. The van der Waals surface area contributed by atoms with Gasteiger partial charge >= 0.3 is 6.18 Å². The zero-order valence-electron chi connectivity index (χ0n) is 21.9. The topological polar surface area (TPSA) is 136 Å².